The molecule has 1 aliphatic carbocycles. The van der Waals surface area contributed by atoms with Gasteiger partial charge in [-0.05, 0) is 25.0 Å². The molecule has 152 valence electrons. The number of aromatic nitrogens is 5. The highest BCUT2D eigenvalue weighted by Crippen LogP contribution is 2.39. The third-order valence-electron chi connectivity index (χ3n) is 4.82. The molecule has 0 radical (unpaired) electrons. The Balaban J connectivity index is 1.53. The lowest BCUT2D eigenvalue weighted by Crippen LogP contribution is -2.37. The fourth-order valence-corrected chi connectivity index (χ4v) is 4.20. The zero-order valence-corrected chi connectivity index (χ0v) is 17.6. The minimum absolute atomic E-state index is 0.262. The van der Waals surface area contributed by atoms with E-state index in [4.69, 9.17) is 16.3 Å². The molecule has 4 rings (SSSR count). The summed E-state index contributed by atoms with van der Waals surface area (Å²) in [4.78, 5) is 24.1. The monoisotopic (exact) mass is 433 g/mol. The summed E-state index contributed by atoms with van der Waals surface area (Å²) < 4.78 is 10.5. The molecule has 3 aromatic rings. The highest BCUT2D eigenvalue weighted by molar-refractivity contribution is 7.98. The average Bonchev–Trinajstić information content (AvgIpc) is 3.47. The summed E-state index contributed by atoms with van der Waals surface area (Å²) >= 11 is 7.60. The first-order chi connectivity index (χ1) is 14.0. The lowest BCUT2D eigenvalue weighted by molar-refractivity contribution is 0.288. The predicted molar refractivity (Wildman–Crippen MR) is 111 cm³/mol. The maximum atomic E-state index is 12.1. The number of thioether (sulfide) groups is 1. The van der Waals surface area contributed by atoms with E-state index in [2.05, 4.69) is 14.8 Å². The van der Waals surface area contributed by atoms with Gasteiger partial charge in [0.1, 0.15) is 12.4 Å². The molecule has 0 spiro atoms. The molecule has 8 nitrogen and oxygen atoms in total. The second-order valence-electron chi connectivity index (χ2n) is 6.88. The molecule has 1 aromatic carbocycles. The Morgan fingerprint density at radius 1 is 1.17 bits per heavy atom. The van der Waals surface area contributed by atoms with Crippen LogP contribution in [0, 0.1) is 0 Å². The van der Waals surface area contributed by atoms with E-state index in [1.807, 2.05) is 18.2 Å². The number of nitrogens with zero attached hydrogens (tertiary/aromatic N) is 5. The summed E-state index contributed by atoms with van der Waals surface area (Å²) in [5.74, 6) is 1.77. The van der Waals surface area contributed by atoms with Crippen molar-refractivity contribution in [1.29, 1.82) is 0 Å². The SMILES string of the molecule is Cn1c(CSc2nnc(COc3ccccc3Cl)n2C2CC2)cc(=O)n(C)c1=O. The number of ether oxygens (including phenoxy) is 1. The quantitative estimate of drug-likeness (QED) is 0.532. The zero-order valence-electron chi connectivity index (χ0n) is 16.0. The van der Waals surface area contributed by atoms with Crippen molar-refractivity contribution in [1.82, 2.24) is 23.9 Å². The van der Waals surface area contributed by atoms with E-state index in [0.29, 0.717) is 28.3 Å². The van der Waals surface area contributed by atoms with Crippen molar-refractivity contribution in [2.75, 3.05) is 0 Å². The van der Waals surface area contributed by atoms with E-state index < -0.39 is 0 Å². The lowest BCUT2D eigenvalue weighted by Gasteiger charge is -2.12. The van der Waals surface area contributed by atoms with E-state index in [-0.39, 0.29) is 17.9 Å². The number of para-hydroxylation sites is 1. The summed E-state index contributed by atoms with van der Waals surface area (Å²) in [5.41, 5.74) is -0.0194. The van der Waals surface area contributed by atoms with Crippen molar-refractivity contribution in [2.45, 2.75) is 36.4 Å². The Labute approximate surface area is 176 Å². The summed E-state index contributed by atoms with van der Waals surface area (Å²) in [6, 6.07) is 9.13. The van der Waals surface area contributed by atoms with E-state index >= 15 is 0 Å². The van der Waals surface area contributed by atoms with Gasteiger partial charge in [0.15, 0.2) is 11.0 Å². The van der Waals surface area contributed by atoms with E-state index in [0.717, 1.165) is 28.4 Å². The Morgan fingerprint density at radius 2 is 1.93 bits per heavy atom. The van der Waals surface area contributed by atoms with Crippen LogP contribution in [0.25, 0.3) is 0 Å². The van der Waals surface area contributed by atoms with Gasteiger partial charge in [0.2, 0.25) is 0 Å². The molecule has 10 heteroatoms. The number of hydrogen-bond acceptors (Lipinski definition) is 6. The van der Waals surface area contributed by atoms with E-state index in [1.54, 1.807) is 13.1 Å². The van der Waals surface area contributed by atoms with Gasteiger partial charge in [-0.3, -0.25) is 18.5 Å². The molecule has 0 amide bonds. The van der Waals surface area contributed by atoms with Crippen LogP contribution >= 0.6 is 23.4 Å². The van der Waals surface area contributed by atoms with Gasteiger partial charge in [0.05, 0.1) is 5.02 Å². The fraction of sp³-hybridized carbons (Fsp3) is 0.368. The molecule has 1 aliphatic rings. The average molecular weight is 434 g/mol. The molecule has 0 N–H and O–H groups in total. The van der Waals surface area contributed by atoms with Crippen LogP contribution in [0.2, 0.25) is 5.02 Å². The molecular formula is C19H20ClN5O3S. The molecule has 1 fully saturated rings. The minimum Gasteiger partial charge on any atom is -0.484 e. The Bertz CT molecular complexity index is 1170. The summed E-state index contributed by atoms with van der Waals surface area (Å²) in [5, 5.41) is 9.90. The van der Waals surface area contributed by atoms with Gasteiger partial charge in [0, 0.05) is 37.7 Å². The van der Waals surface area contributed by atoms with Crippen molar-refractivity contribution < 1.29 is 4.74 Å². The summed E-state index contributed by atoms with van der Waals surface area (Å²) in [6.07, 6.45) is 2.13. The standard InChI is InChI=1S/C19H20ClN5O3S/c1-23-13(9-17(26)24(2)19(23)27)11-29-18-22-21-16(25(18)12-7-8-12)10-28-15-6-4-3-5-14(15)20/h3-6,9,12H,7-8,10-11H2,1-2H3. The van der Waals surface area contributed by atoms with Crippen LogP contribution in [-0.4, -0.2) is 23.9 Å². The van der Waals surface area contributed by atoms with Crippen LogP contribution in [0.15, 0.2) is 45.1 Å². The van der Waals surface area contributed by atoms with Gasteiger partial charge in [0.25, 0.3) is 5.56 Å². The van der Waals surface area contributed by atoms with Gasteiger partial charge in [-0.1, -0.05) is 35.5 Å². The number of halogens is 1. The molecule has 0 saturated heterocycles. The van der Waals surface area contributed by atoms with Crippen molar-refractivity contribution >= 4 is 23.4 Å². The molecule has 1 saturated carbocycles. The lowest BCUT2D eigenvalue weighted by atomic mass is 10.3. The van der Waals surface area contributed by atoms with Crippen LogP contribution in [0.4, 0.5) is 0 Å². The van der Waals surface area contributed by atoms with E-state index in [9.17, 15) is 9.59 Å². The molecule has 0 bridgehead atoms. The van der Waals surface area contributed by atoms with Crippen molar-refractivity contribution in [2.24, 2.45) is 14.1 Å². The topological polar surface area (TPSA) is 83.9 Å². The third kappa shape index (κ3) is 4.11. The maximum Gasteiger partial charge on any atom is 0.330 e. The number of benzene rings is 1. The maximum absolute atomic E-state index is 12.1. The smallest absolute Gasteiger partial charge is 0.330 e. The third-order valence-corrected chi connectivity index (χ3v) is 6.10. The molecule has 2 aromatic heterocycles. The van der Waals surface area contributed by atoms with Crippen molar-refractivity contribution in [3.05, 3.63) is 67.7 Å². The molecule has 29 heavy (non-hydrogen) atoms. The largest absolute Gasteiger partial charge is 0.484 e. The summed E-state index contributed by atoms with van der Waals surface area (Å²) in [6.45, 7) is 0.262. The molecular weight excluding hydrogens is 414 g/mol. The highest BCUT2D eigenvalue weighted by atomic mass is 35.5. The first kappa shape index (κ1) is 19.8. The van der Waals surface area contributed by atoms with Crippen LogP contribution in [-0.2, 0) is 26.5 Å². The van der Waals surface area contributed by atoms with Crippen LogP contribution in [0.1, 0.15) is 30.4 Å². The van der Waals surface area contributed by atoms with Crippen LogP contribution in [0.3, 0.4) is 0 Å². The second-order valence-corrected chi connectivity index (χ2v) is 8.23. The highest BCUT2D eigenvalue weighted by Gasteiger charge is 2.30. The van der Waals surface area contributed by atoms with Crippen molar-refractivity contribution in [3.63, 3.8) is 0 Å². The normalized spacial score (nSPS) is 13.6. The summed E-state index contributed by atoms with van der Waals surface area (Å²) in [7, 11) is 3.13. The molecule has 0 aliphatic heterocycles. The Kier molecular flexibility index (Phi) is 5.51. The van der Waals surface area contributed by atoms with Gasteiger partial charge < -0.3 is 4.74 Å². The number of hydrogen-bond donors (Lipinski definition) is 0. The van der Waals surface area contributed by atoms with Gasteiger partial charge in [-0.25, -0.2) is 4.79 Å². The first-order valence-electron chi connectivity index (χ1n) is 9.15. The first-order valence-corrected chi connectivity index (χ1v) is 10.5. The predicted octanol–water partition coefficient (Wildman–Crippen LogP) is 2.54. The molecule has 0 atom stereocenters. The molecule has 0 unspecified atom stereocenters. The van der Waals surface area contributed by atoms with Gasteiger partial charge in [-0.15, -0.1) is 10.2 Å². The van der Waals surface area contributed by atoms with Gasteiger partial charge >= 0.3 is 5.69 Å². The number of rotatable bonds is 7. The van der Waals surface area contributed by atoms with E-state index in [1.165, 1.54) is 29.4 Å². The van der Waals surface area contributed by atoms with Gasteiger partial charge in [-0.2, -0.15) is 0 Å². The Morgan fingerprint density at radius 3 is 2.66 bits per heavy atom. The fourth-order valence-electron chi connectivity index (χ4n) is 2.96. The van der Waals surface area contributed by atoms with Crippen molar-refractivity contribution in [3.8, 4) is 5.75 Å². The van der Waals surface area contributed by atoms with Crippen LogP contribution < -0.4 is 16.0 Å². The van der Waals surface area contributed by atoms with Crippen LogP contribution in [0.5, 0.6) is 5.75 Å². The zero-order chi connectivity index (χ0) is 20.5. The second kappa shape index (κ2) is 8.08. The molecule has 2 heterocycles. The Hall–Kier alpha value is -2.52. The minimum atomic E-state index is -0.342.